The molecule has 0 saturated heterocycles. The quantitative estimate of drug-likeness (QED) is 0.289. The molecule has 0 spiro atoms. The minimum atomic E-state index is -1.01. The normalized spacial score (nSPS) is 14.7. The number of hydrogen-bond acceptors (Lipinski definition) is 6. The standard InChI is InChI=1S/C17H33ClN2O5/c1-16(2,3)25-15(23)19-10-8-7-9-12(13(21)11-18)20-14(22)17(4,5)24-6/h12,14,20,22H,7-11H2,1-6H3,(H,19,23)/t12-,14?/m0/s1. The van der Waals surface area contributed by atoms with Gasteiger partial charge in [0, 0.05) is 13.7 Å². The fourth-order valence-electron chi connectivity index (χ4n) is 1.91. The van der Waals surface area contributed by atoms with Gasteiger partial charge in [0.25, 0.3) is 0 Å². The Bertz CT molecular complexity index is 424. The molecule has 25 heavy (non-hydrogen) atoms. The molecular formula is C17H33ClN2O5. The highest BCUT2D eigenvalue weighted by atomic mass is 35.5. The Morgan fingerprint density at radius 2 is 1.76 bits per heavy atom. The SMILES string of the molecule is COC(C)(C)C(O)N[C@@H](CCCCNC(=O)OC(C)(C)C)C(=O)CCl. The Hall–Kier alpha value is -0.890. The second kappa shape index (κ2) is 11.0. The van der Waals surface area contributed by atoms with Gasteiger partial charge in [-0.15, -0.1) is 11.6 Å². The predicted octanol–water partition coefficient (Wildman–Crippen LogP) is 2.19. The van der Waals surface area contributed by atoms with E-state index in [1.807, 2.05) is 0 Å². The number of unbranched alkanes of at least 4 members (excludes halogenated alkanes) is 1. The molecule has 2 atom stereocenters. The average molecular weight is 381 g/mol. The molecule has 1 amide bonds. The highest BCUT2D eigenvalue weighted by Crippen LogP contribution is 2.14. The lowest BCUT2D eigenvalue weighted by molar-refractivity contribution is -0.124. The van der Waals surface area contributed by atoms with Gasteiger partial charge < -0.3 is 19.9 Å². The molecule has 0 aliphatic carbocycles. The van der Waals surface area contributed by atoms with Crippen LogP contribution in [0, 0.1) is 0 Å². The molecule has 0 heterocycles. The van der Waals surface area contributed by atoms with Crippen molar-refractivity contribution in [3.63, 3.8) is 0 Å². The van der Waals surface area contributed by atoms with Crippen LogP contribution in [0.25, 0.3) is 0 Å². The number of alkyl halides is 1. The van der Waals surface area contributed by atoms with Gasteiger partial charge in [0.05, 0.1) is 11.9 Å². The number of aliphatic hydroxyl groups excluding tert-OH is 1. The number of alkyl carbamates (subject to hydrolysis) is 1. The topological polar surface area (TPSA) is 96.9 Å². The molecule has 0 rings (SSSR count). The van der Waals surface area contributed by atoms with Crippen LogP contribution in [-0.2, 0) is 14.3 Å². The van der Waals surface area contributed by atoms with E-state index < -0.39 is 29.6 Å². The summed E-state index contributed by atoms with van der Waals surface area (Å²) in [5.41, 5.74) is -1.36. The van der Waals surface area contributed by atoms with Gasteiger partial charge in [-0.3, -0.25) is 10.1 Å². The van der Waals surface area contributed by atoms with E-state index in [4.69, 9.17) is 21.1 Å². The van der Waals surface area contributed by atoms with E-state index in [0.717, 1.165) is 0 Å². The largest absolute Gasteiger partial charge is 0.444 e. The van der Waals surface area contributed by atoms with Crippen LogP contribution in [0.2, 0.25) is 0 Å². The third-order valence-electron chi connectivity index (χ3n) is 3.65. The zero-order valence-corrected chi connectivity index (χ0v) is 16.9. The number of Topliss-reactive ketones (excluding diaryl/α,β-unsaturated/α-hetero) is 1. The van der Waals surface area contributed by atoms with Crippen LogP contribution in [0.3, 0.4) is 0 Å². The Morgan fingerprint density at radius 3 is 2.24 bits per heavy atom. The lowest BCUT2D eigenvalue weighted by atomic mass is 10.0. The Balaban J connectivity index is 4.30. The third kappa shape index (κ3) is 10.6. The molecular weight excluding hydrogens is 348 g/mol. The maximum Gasteiger partial charge on any atom is 0.407 e. The molecule has 0 aromatic carbocycles. The van der Waals surface area contributed by atoms with Crippen molar-refractivity contribution < 1.29 is 24.2 Å². The minimum absolute atomic E-state index is 0.131. The van der Waals surface area contributed by atoms with Crippen molar-refractivity contribution in [1.29, 1.82) is 0 Å². The van der Waals surface area contributed by atoms with E-state index in [0.29, 0.717) is 25.8 Å². The summed E-state index contributed by atoms with van der Waals surface area (Å²) < 4.78 is 10.3. The number of halogens is 1. The average Bonchev–Trinajstić information content (AvgIpc) is 2.50. The molecule has 0 saturated carbocycles. The van der Waals surface area contributed by atoms with Crippen LogP contribution in [-0.4, -0.2) is 60.0 Å². The molecule has 0 radical (unpaired) electrons. The van der Waals surface area contributed by atoms with Gasteiger partial charge in [0.2, 0.25) is 0 Å². The fourth-order valence-corrected chi connectivity index (χ4v) is 2.10. The molecule has 1 unspecified atom stereocenters. The van der Waals surface area contributed by atoms with Gasteiger partial charge in [0.1, 0.15) is 17.4 Å². The lowest BCUT2D eigenvalue weighted by Crippen LogP contribution is -2.54. The number of ketones is 1. The van der Waals surface area contributed by atoms with Gasteiger partial charge in [0.15, 0.2) is 5.78 Å². The maximum atomic E-state index is 12.0. The van der Waals surface area contributed by atoms with E-state index >= 15 is 0 Å². The molecule has 0 aliphatic heterocycles. The summed E-state index contributed by atoms with van der Waals surface area (Å²) in [4.78, 5) is 23.5. The van der Waals surface area contributed by atoms with Crippen LogP contribution in [0.1, 0.15) is 53.9 Å². The molecule has 0 aliphatic rings. The molecule has 8 heteroatoms. The van der Waals surface area contributed by atoms with Crippen molar-refractivity contribution in [3.05, 3.63) is 0 Å². The van der Waals surface area contributed by atoms with E-state index in [9.17, 15) is 14.7 Å². The van der Waals surface area contributed by atoms with Crippen molar-refractivity contribution in [2.45, 2.75) is 77.4 Å². The number of aliphatic hydroxyl groups is 1. The predicted molar refractivity (Wildman–Crippen MR) is 97.8 cm³/mol. The second-order valence-electron chi connectivity index (χ2n) is 7.45. The number of carbonyl (C=O) groups excluding carboxylic acids is 2. The smallest absolute Gasteiger partial charge is 0.407 e. The summed E-state index contributed by atoms with van der Waals surface area (Å²) in [7, 11) is 1.49. The van der Waals surface area contributed by atoms with Crippen molar-refractivity contribution in [3.8, 4) is 0 Å². The van der Waals surface area contributed by atoms with E-state index in [-0.39, 0.29) is 11.7 Å². The van der Waals surface area contributed by atoms with Crippen molar-refractivity contribution in [2.24, 2.45) is 0 Å². The molecule has 0 aromatic rings. The van der Waals surface area contributed by atoms with Crippen LogP contribution in [0.4, 0.5) is 4.79 Å². The summed E-state index contributed by atoms with van der Waals surface area (Å²) >= 11 is 5.65. The fraction of sp³-hybridized carbons (Fsp3) is 0.882. The van der Waals surface area contributed by atoms with Crippen LogP contribution >= 0.6 is 11.6 Å². The number of carbonyl (C=O) groups is 2. The van der Waals surface area contributed by atoms with Gasteiger partial charge in [-0.2, -0.15) is 0 Å². The van der Waals surface area contributed by atoms with Gasteiger partial charge >= 0.3 is 6.09 Å². The molecule has 0 aromatic heterocycles. The number of ether oxygens (including phenoxy) is 2. The first-order chi connectivity index (χ1) is 11.4. The monoisotopic (exact) mass is 380 g/mol. The van der Waals surface area contributed by atoms with Crippen molar-refractivity contribution in [2.75, 3.05) is 19.5 Å². The van der Waals surface area contributed by atoms with E-state index in [1.54, 1.807) is 34.6 Å². The molecule has 3 N–H and O–H groups in total. The number of nitrogens with one attached hydrogen (secondary N) is 2. The molecule has 0 bridgehead atoms. The van der Waals surface area contributed by atoms with E-state index in [1.165, 1.54) is 7.11 Å². The lowest BCUT2D eigenvalue weighted by Gasteiger charge is -2.32. The van der Waals surface area contributed by atoms with Gasteiger partial charge in [-0.05, 0) is 53.9 Å². The zero-order chi connectivity index (χ0) is 19.7. The highest BCUT2D eigenvalue weighted by Gasteiger charge is 2.31. The number of amides is 1. The second-order valence-corrected chi connectivity index (χ2v) is 7.72. The number of rotatable bonds is 11. The first-order valence-corrected chi connectivity index (χ1v) is 9.01. The molecule has 7 nitrogen and oxygen atoms in total. The van der Waals surface area contributed by atoms with Gasteiger partial charge in [-0.1, -0.05) is 0 Å². The van der Waals surface area contributed by atoms with Gasteiger partial charge in [-0.25, -0.2) is 4.79 Å². The highest BCUT2D eigenvalue weighted by molar-refractivity contribution is 6.28. The maximum absolute atomic E-state index is 12.0. The van der Waals surface area contributed by atoms with Crippen molar-refractivity contribution in [1.82, 2.24) is 10.6 Å². The zero-order valence-electron chi connectivity index (χ0n) is 16.1. The molecule has 0 fully saturated rings. The van der Waals surface area contributed by atoms with Crippen LogP contribution in [0.15, 0.2) is 0 Å². The Morgan fingerprint density at radius 1 is 1.16 bits per heavy atom. The Kier molecular flexibility index (Phi) is 10.6. The summed E-state index contributed by atoms with van der Waals surface area (Å²) in [5, 5.41) is 15.7. The van der Waals surface area contributed by atoms with Crippen molar-refractivity contribution >= 4 is 23.5 Å². The third-order valence-corrected chi connectivity index (χ3v) is 3.92. The summed E-state index contributed by atoms with van der Waals surface area (Å²) in [5.74, 6) is -0.318. The number of methoxy groups -OCH3 is 1. The van der Waals surface area contributed by atoms with Crippen LogP contribution in [0.5, 0.6) is 0 Å². The first-order valence-electron chi connectivity index (χ1n) is 8.47. The first kappa shape index (κ1) is 24.1. The summed E-state index contributed by atoms with van der Waals surface area (Å²) in [6.07, 6.45) is 0.386. The number of hydrogen-bond donors (Lipinski definition) is 3. The minimum Gasteiger partial charge on any atom is -0.444 e. The summed E-state index contributed by atoms with van der Waals surface area (Å²) in [6, 6.07) is -0.566. The summed E-state index contributed by atoms with van der Waals surface area (Å²) in [6.45, 7) is 9.28. The van der Waals surface area contributed by atoms with Crippen LogP contribution < -0.4 is 10.6 Å². The van der Waals surface area contributed by atoms with E-state index in [2.05, 4.69) is 10.6 Å². The molecule has 148 valence electrons. The Labute approximate surface area is 155 Å².